The summed E-state index contributed by atoms with van der Waals surface area (Å²) in [7, 11) is -2.89. The van der Waals surface area contributed by atoms with Crippen molar-refractivity contribution < 1.29 is 37.1 Å². The van der Waals surface area contributed by atoms with Crippen LogP contribution in [0.25, 0.3) is 0 Å². The van der Waals surface area contributed by atoms with Crippen LogP contribution in [0.1, 0.15) is 34.0 Å². The first-order valence-corrected chi connectivity index (χ1v) is 12.1. The molecule has 1 atom stereocenters. The van der Waals surface area contributed by atoms with Crippen LogP contribution in [0.2, 0.25) is 5.02 Å². The Kier molecular flexibility index (Phi) is 6.01. The summed E-state index contributed by atoms with van der Waals surface area (Å²) >= 11 is 7.24. The zero-order chi connectivity index (χ0) is 24.1. The maximum absolute atomic E-state index is 13.8. The van der Waals surface area contributed by atoms with Crippen molar-refractivity contribution in [3.05, 3.63) is 38.7 Å². The van der Waals surface area contributed by atoms with E-state index in [9.17, 15) is 18.3 Å². The summed E-state index contributed by atoms with van der Waals surface area (Å²) in [6, 6.07) is 2.70. The molecule has 1 aromatic carbocycles. The number of carbonyl (C=O) groups is 1. The van der Waals surface area contributed by atoms with Crippen molar-refractivity contribution in [2.24, 2.45) is 5.14 Å². The third-order valence-electron chi connectivity index (χ3n) is 4.81. The largest absolute Gasteiger partial charge is 0.491 e. The summed E-state index contributed by atoms with van der Waals surface area (Å²) in [6.45, 7) is 2.92. The minimum absolute atomic E-state index is 0.00618. The molecular weight excluding hydrogens is 498 g/mol. The van der Waals surface area contributed by atoms with Gasteiger partial charge in [0.2, 0.25) is 22.6 Å². The Morgan fingerprint density at radius 3 is 2.73 bits per heavy atom. The Labute approximate surface area is 197 Å². The highest BCUT2D eigenvalue weighted by atomic mass is 35.5. The Morgan fingerprint density at radius 2 is 2.15 bits per heavy atom. The molecule has 0 saturated carbocycles. The van der Waals surface area contributed by atoms with E-state index in [0.717, 1.165) is 16.2 Å². The van der Waals surface area contributed by atoms with Gasteiger partial charge in [-0.3, -0.25) is 4.79 Å². The van der Waals surface area contributed by atoms with Gasteiger partial charge in [0.05, 0.1) is 13.2 Å². The number of anilines is 2. The second kappa shape index (κ2) is 8.50. The van der Waals surface area contributed by atoms with E-state index in [1.54, 1.807) is 6.92 Å². The lowest BCUT2D eigenvalue weighted by Gasteiger charge is -2.26. The predicted octanol–water partition coefficient (Wildman–Crippen LogP) is 3.11. The monoisotopic (exact) mass is 515 g/mol. The number of methoxy groups -OCH3 is 1. The molecule has 14 heteroatoms. The quantitative estimate of drug-likeness (QED) is 0.503. The first kappa shape index (κ1) is 23.3. The van der Waals surface area contributed by atoms with Gasteiger partial charge in [-0.05, 0) is 31.4 Å². The van der Waals surface area contributed by atoms with Crippen LogP contribution in [0.15, 0.2) is 26.9 Å². The van der Waals surface area contributed by atoms with Crippen molar-refractivity contribution >= 4 is 50.4 Å². The first-order chi connectivity index (χ1) is 15.6. The molecular formula is C19H18ClN3O8S2. The lowest BCUT2D eigenvalue weighted by atomic mass is 10.0. The van der Waals surface area contributed by atoms with Crippen molar-refractivity contribution in [1.82, 2.24) is 5.16 Å². The zero-order valence-electron chi connectivity index (χ0n) is 17.5. The first-order valence-electron chi connectivity index (χ1n) is 9.31. The number of hydrogen-bond donors (Lipinski definition) is 2. The molecule has 3 N–H and O–H groups in total. The highest BCUT2D eigenvalue weighted by molar-refractivity contribution is 7.89. The van der Waals surface area contributed by atoms with E-state index in [1.165, 1.54) is 31.5 Å². The highest BCUT2D eigenvalue weighted by Crippen LogP contribution is 2.53. The Hall–Kier alpha value is -2.84. The highest BCUT2D eigenvalue weighted by Gasteiger charge is 2.38. The van der Waals surface area contributed by atoms with Gasteiger partial charge in [-0.15, -0.1) is 11.3 Å². The third kappa shape index (κ3) is 3.91. The number of ether oxygens (including phenoxy) is 3. The summed E-state index contributed by atoms with van der Waals surface area (Å²) < 4.78 is 46.0. The van der Waals surface area contributed by atoms with Crippen LogP contribution in [0, 0.1) is 6.92 Å². The average molecular weight is 516 g/mol. The number of aromatic nitrogens is 1. The van der Waals surface area contributed by atoms with Crippen LogP contribution in [0.5, 0.6) is 17.2 Å². The number of aliphatic hydroxyl groups excluding tert-OH is 1. The van der Waals surface area contributed by atoms with E-state index in [-0.39, 0.29) is 55.9 Å². The van der Waals surface area contributed by atoms with Gasteiger partial charge in [-0.2, -0.15) is 0 Å². The van der Waals surface area contributed by atoms with Crippen molar-refractivity contribution in [1.29, 1.82) is 0 Å². The normalized spacial score (nSPS) is 13.8. The molecule has 3 aromatic rings. The van der Waals surface area contributed by atoms with Gasteiger partial charge < -0.3 is 23.8 Å². The number of nitrogens with zero attached hydrogens (tertiary/aromatic N) is 2. The number of fused-ring (bicyclic) bond motifs is 1. The number of thiophene rings is 1. The number of rotatable bonds is 6. The van der Waals surface area contributed by atoms with Crippen molar-refractivity contribution in [3.63, 3.8) is 0 Å². The molecule has 1 aliphatic heterocycles. The number of halogens is 1. The number of aliphatic hydroxyl groups is 1. The Bertz CT molecular complexity index is 1350. The summed E-state index contributed by atoms with van der Waals surface area (Å²) in [5.41, 5.74) is 0.484. The minimum atomic E-state index is -4.23. The van der Waals surface area contributed by atoms with Gasteiger partial charge in [0, 0.05) is 5.56 Å². The van der Waals surface area contributed by atoms with Gasteiger partial charge >= 0.3 is 0 Å². The fourth-order valence-electron chi connectivity index (χ4n) is 3.32. The molecule has 0 bridgehead atoms. The molecule has 33 heavy (non-hydrogen) atoms. The Balaban J connectivity index is 2.06. The molecule has 4 rings (SSSR count). The minimum Gasteiger partial charge on any atom is -0.491 e. The van der Waals surface area contributed by atoms with Crippen LogP contribution < -0.4 is 24.2 Å². The van der Waals surface area contributed by atoms with Crippen LogP contribution >= 0.6 is 22.9 Å². The number of hydrogen-bond acceptors (Lipinski definition) is 10. The molecule has 0 aliphatic carbocycles. The third-order valence-corrected chi connectivity index (χ3v) is 7.23. The van der Waals surface area contributed by atoms with Crippen molar-refractivity contribution in [2.75, 3.05) is 18.8 Å². The summed E-state index contributed by atoms with van der Waals surface area (Å²) in [5.74, 6) is -0.564. The van der Waals surface area contributed by atoms with Crippen molar-refractivity contribution in [2.45, 2.75) is 24.8 Å². The molecule has 176 valence electrons. The predicted molar refractivity (Wildman–Crippen MR) is 118 cm³/mol. The smallest absolute Gasteiger partial charge is 0.276 e. The number of carbonyl (C=O) groups excluding carboxylic acids is 1. The van der Waals surface area contributed by atoms with E-state index in [0.29, 0.717) is 5.75 Å². The summed E-state index contributed by atoms with van der Waals surface area (Å²) in [5, 5.41) is 21.0. The second-order valence-electron chi connectivity index (χ2n) is 6.94. The molecule has 3 heterocycles. The van der Waals surface area contributed by atoms with E-state index < -0.39 is 22.0 Å². The average Bonchev–Trinajstić information content (AvgIpc) is 3.49. The van der Waals surface area contributed by atoms with Crippen LogP contribution in [0.4, 0.5) is 11.6 Å². The second-order valence-corrected chi connectivity index (χ2v) is 9.77. The fraction of sp³-hybridized carbons (Fsp3) is 0.263. The van der Waals surface area contributed by atoms with E-state index in [4.69, 9.17) is 35.5 Å². The van der Waals surface area contributed by atoms with Gasteiger partial charge in [0.1, 0.15) is 26.2 Å². The van der Waals surface area contributed by atoms with Gasteiger partial charge in [0.25, 0.3) is 11.8 Å². The summed E-state index contributed by atoms with van der Waals surface area (Å²) in [6.07, 6.45) is -1.12. The Morgan fingerprint density at radius 1 is 1.42 bits per heavy atom. The molecule has 1 amide bonds. The zero-order valence-corrected chi connectivity index (χ0v) is 19.9. The van der Waals surface area contributed by atoms with Gasteiger partial charge in [-0.1, -0.05) is 16.8 Å². The SMILES string of the molecule is COc1c2c(cc(C(C)O)c1N(C(=O)c1sccc1S(N)(=O)=O)c1onc(C)c1Cl)OCO2. The molecule has 2 aromatic heterocycles. The van der Waals surface area contributed by atoms with Crippen LogP contribution in [-0.2, 0) is 10.0 Å². The van der Waals surface area contributed by atoms with Crippen molar-refractivity contribution in [3.8, 4) is 17.2 Å². The van der Waals surface area contributed by atoms with Gasteiger partial charge in [-0.25, -0.2) is 18.5 Å². The molecule has 1 unspecified atom stereocenters. The number of aryl methyl sites for hydroxylation is 1. The van der Waals surface area contributed by atoms with E-state index in [1.807, 2.05) is 0 Å². The number of nitrogens with two attached hydrogens (primary N) is 1. The standard InChI is InChI=1S/C19H18ClN3O8S2/c1-8-13(20)19(31-22-8)23(18(25)17-12(4-5-32-17)33(21,26)27)14-10(9(2)24)6-11-15(16(14)28-3)30-7-29-11/h4-6,9,24H,7H2,1-3H3,(H2,21,26,27). The molecule has 11 nitrogen and oxygen atoms in total. The maximum atomic E-state index is 13.8. The summed E-state index contributed by atoms with van der Waals surface area (Å²) in [4.78, 5) is 14.2. The molecule has 0 fully saturated rings. The van der Waals surface area contributed by atoms with Gasteiger partial charge in [0.15, 0.2) is 11.5 Å². The lowest BCUT2D eigenvalue weighted by Crippen LogP contribution is -2.29. The topological polar surface area (TPSA) is 154 Å². The molecule has 0 saturated heterocycles. The fourth-order valence-corrected chi connectivity index (χ4v) is 5.37. The maximum Gasteiger partial charge on any atom is 0.276 e. The molecule has 0 spiro atoms. The lowest BCUT2D eigenvalue weighted by molar-refractivity contribution is 0.0994. The van der Waals surface area contributed by atoms with Crippen LogP contribution in [0.3, 0.4) is 0 Å². The molecule has 1 aliphatic rings. The van der Waals surface area contributed by atoms with E-state index >= 15 is 0 Å². The van der Waals surface area contributed by atoms with Crippen LogP contribution in [-0.4, -0.2) is 38.5 Å². The van der Waals surface area contributed by atoms with E-state index in [2.05, 4.69) is 5.16 Å². The molecule has 0 radical (unpaired) electrons. The number of benzene rings is 1. The number of amides is 1. The number of primary sulfonamides is 1. The number of sulfonamides is 1.